The minimum absolute atomic E-state index is 0.0694. The zero-order valence-corrected chi connectivity index (χ0v) is 22.4. The molecule has 0 radical (unpaired) electrons. The van der Waals surface area contributed by atoms with Crippen LogP contribution in [0.15, 0.2) is 96.6 Å². The van der Waals surface area contributed by atoms with Gasteiger partial charge in [-0.25, -0.2) is 0 Å². The van der Waals surface area contributed by atoms with Crippen molar-refractivity contribution >= 4 is 34.7 Å². The van der Waals surface area contributed by atoms with Gasteiger partial charge in [-0.3, -0.25) is 14.5 Å². The van der Waals surface area contributed by atoms with E-state index < -0.39 is 17.7 Å². The molecule has 1 atom stereocenters. The fourth-order valence-electron chi connectivity index (χ4n) is 4.86. The highest BCUT2D eigenvalue weighted by molar-refractivity contribution is 6.52. The van der Waals surface area contributed by atoms with Crippen molar-refractivity contribution in [3.8, 4) is 17.2 Å². The molecule has 1 unspecified atom stereocenters. The van der Waals surface area contributed by atoms with Gasteiger partial charge < -0.3 is 14.6 Å². The Labute approximate surface area is 231 Å². The molecule has 0 bridgehead atoms. The van der Waals surface area contributed by atoms with Crippen LogP contribution in [0.4, 0.5) is 5.69 Å². The van der Waals surface area contributed by atoms with Crippen molar-refractivity contribution in [2.45, 2.75) is 19.9 Å². The lowest BCUT2D eigenvalue weighted by molar-refractivity contribution is -0.132. The third kappa shape index (κ3) is 4.87. The fourth-order valence-corrected chi connectivity index (χ4v) is 5.21. The Bertz CT molecular complexity index is 1610. The number of methoxy groups -OCH3 is 1. The van der Waals surface area contributed by atoms with E-state index in [0.29, 0.717) is 22.7 Å². The number of amides is 1. The summed E-state index contributed by atoms with van der Waals surface area (Å²) in [4.78, 5) is 28.7. The van der Waals surface area contributed by atoms with Gasteiger partial charge in [-0.1, -0.05) is 60.1 Å². The molecule has 1 fully saturated rings. The van der Waals surface area contributed by atoms with Crippen LogP contribution in [0.3, 0.4) is 0 Å². The molecule has 1 N–H and O–H groups in total. The molecular formula is C32H26ClNO5. The Morgan fingerprint density at radius 3 is 2.28 bits per heavy atom. The first-order valence-corrected chi connectivity index (χ1v) is 12.7. The number of ketones is 1. The molecule has 0 aromatic heterocycles. The number of anilines is 1. The minimum Gasteiger partial charge on any atom is -0.507 e. The number of Topliss-reactive ketones (excluding diaryl/α,β-unsaturated/α-hetero) is 1. The number of carbonyl (C=O) groups excluding carboxylic acids is 2. The Kier molecular flexibility index (Phi) is 7.13. The van der Waals surface area contributed by atoms with Crippen molar-refractivity contribution < 1.29 is 24.2 Å². The Morgan fingerprint density at radius 2 is 1.56 bits per heavy atom. The SMILES string of the molecule is COc1c(Cl)cc(C)cc1/C(O)=C1\C(=O)C(=O)N(c2ccccc2C)C1c1cccc(Oc2ccccc2)c1. The Morgan fingerprint density at radius 1 is 0.872 bits per heavy atom. The predicted octanol–water partition coefficient (Wildman–Crippen LogP) is 7.38. The van der Waals surface area contributed by atoms with E-state index in [0.717, 1.165) is 11.1 Å². The van der Waals surface area contributed by atoms with Gasteiger partial charge in [0.15, 0.2) is 0 Å². The molecule has 1 saturated heterocycles. The third-order valence-corrected chi connectivity index (χ3v) is 6.90. The number of halogens is 1. The number of nitrogens with zero attached hydrogens (tertiary/aromatic N) is 1. The Hall–Kier alpha value is -4.55. The maximum Gasteiger partial charge on any atom is 0.300 e. The quantitative estimate of drug-likeness (QED) is 0.157. The number of rotatable bonds is 6. The van der Waals surface area contributed by atoms with E-state index in [1.54, 1.807) is 48.5 Å². The van der Waals surface area contributed by atoms with Crippen LogP contribution in [0, 0.1) is 13.8 Å². The van der Waals surface area contributed by atoms with Crippen molar-refractivity contribution in [3.63, 3.8) is 0 Å². The zero-order valence-electron chi connectivity index (χ0n) is 21.6. The number of hydrogen-bond acceptors (Lipinski definition) is 5. The van der Waals surface area contributed by atoms with E-state index in [1.165, 1.54) is 12.0 Å². The maximum atomic E-state index is 13.6. The number of carbonyl (C=O) groups is 2. The summed E-state index contributed by atoms with van der Waals surface area (Å²) in [5.41, 5.74) is 2.87. The number of benzene rings is 4. The van der Waals surface area contributed by atoms with Crippen LogP contribution in [0.2, 0.25) is 5.02 Å². The summed E-state index contributed by atoms with van der Waals surface area (Å²) in [7, 11) is 1.43. The second kappa shape index (κ2) is 10.7. The number of aliphatic hydroxyl groups excluding tert-OH is 1. The molecule has 0 spiro atoms. The average Bonchev–Trinajstić information content (AvgIpc) is 3.19. The molecule has 1 aliphatic rings. The lowest BCUT2D eigenvalue weighted by atomic mass is 9.94. The first-order chi connectivity index (χ1) is 18.8. The van der Waals surface area contributed by atoms with Gasteiger partial charge in [0.05, 0.1) is 29.3 Å². The largest absolute Gasteiger partial charge is 0.507 e. The van der Waals surface area contributed by atoms with Gasteiger partial charge in [-0.15, -0.1) is 0 Å². The molecule has 4 aromatic rings. The van der Waals surface area contributed by atoms with Crippen molar-refractivity contribution in [1.82, 2.24) is 0 Å². The normalized spacial score (nSPS) is 16.4. The summed E-state index contributed by atoms with van der Waals surface area (Å²) in [6.45, 7) is 3.68. The van der Waals surface area contributed by atoms with Crippen LogP contribution >= 0.6 is 11.6 Å². The summed E-state index contributed by atoms with van der Waals surface area (Å²) in [5.74, 6) is -0.558. The Balaban J connectivity index is 1.73. The van der Waals surface area contributed by atoms with Crippen molar-refractivity contribution in [3.05, 3.63) is 124 Å². The molecule has 6 nitrogen and oxygen atoms in total. The van der Waals surface area contributed by atoms with Gasteiger partial charge >= 0.3 is 0 Å². The van der Waals surface area contributed by atoms with Crippen LogP contribution in [0.25, 0.3) is 5.76 Å². The number of hydrogen-bond donors (Lipinski definition) is 1. The first-order valence-electron chi connectivity index (χ1n) is 12.3. The van der Waals surface area contributed by atoms with E-state index in [-0.39, 0.29) is 27.7 Å². The third-order valence-electron chi connectivity index (χ3n) is 6.62. The minimum atomic E-state index is -0.936. The van der Waals surface area contributed by atoms with Gasteiger partial charge in [0.2, 0.25) is 0 Å². The van der Waals surface area contributed by atoms with E-state index >= 15 is 0 Å². The van der Waals surface area contributed by atoms with Gasteiger partial charge in [-0.2, -0.15) is 0 Å². The van der Waals surface area contributed by atoms with Gasteiger partial charge in [-0.05, 0) is 73.0 Å². The van der Waals surface area contributed by atoms with Crippen molar-refractivity contribution in [2.75, 3.05) is 12.0 Å². The van der Waals surface area contributed by atoms with Crippen molar-refractivity contribution in [1.29, 1.82) is 0 Å². The van der Waals surface area contributed by atoms with Crippen molar-refractivity contribution in [2.24, 2.45) is 0 Å². The topological polar surface area (TPSA) is 76.1 Å². The predicted molar refractivity (Wildman–Crippen MR) is 152 cm³/mol. The highest BCUT2D eigenvalue weighted by Gasteiger charge is 2.47. The summed E-state index contributed by atoms with van der Waals surface area (Å²) in [6, 6.07) is 26.2. The molecule has 39 heavy (non-hydrogen) atoms. The van der Waals surface area contributed by atoms with Gasteiger partial charge in [0.1, 0.15) is 23.0 Å². The standard InChI is InChI=1S/C32H26ClNO5/c1-19-16-24(31(38-3)25(33)17-19)29(35)27-28(34(32(37)30(27)36)26-15-8-7-10-20(26)2)21-11-9-14-23(18-21)39-22-12-5-4-6-13-22/h4-18,28,35H,1-3H3/b29-27+. The lowest BCUT2D eigenvalue weighted by Crippen LogP contribution is -2.30. The number of ether oxygens (including phenoxy) is 2. The number of aliphatic hydroxyl groups is 1. The lowest BCUT2D eigenvalue weighted by Gasteiger charge is -2.27. The van der Waals surface area contributed by atoms with Crippen LogP contribution in [0.1, 0.15) is 28.3 Å². The molecule has 5 rings (SSSR count). The smallest absolute Gasteiger partial charge is 0.300 e. The molecule has 196 valence electrons. The molecule has 1 heterocycles. The van der Waals surface area contributed by atoms with E-state index in [9.17, 15) is 14.7 Å². The van der Waals surface area contributed by atoms with Gasteiger partial charge in [0, 0.05) is 5.69 Å². The number of para-hydroxylation sites is 2. The second-order valence-electron chi connectivity index (χ2n) is 9.27. The molecular weight excluding hydrogens is 514 g/mol. The van der Waals surface area contributed by atoms with E-state index in [1.807, 2.05) is 56.3 Å². The summed E-state index contributed by atoms with van der Waals surface area (Å²) in [5, 5.41) is 11.9. The summed E-state index contributed by atoms with van der Waals surface area (Å²) < 4.78 is 11.5. The zero-order chi connectivity index (χ0) is 27.7. The highest BCUT2D eigenvalue weighted by atomic mass is 35.5. The summed E-state index contributed by atoms with van der Waals surface area (Å²) >= 11 is 6.41. The monoisotopic (exact) mass is 539 g/mol. The molecule has 0 aliphatic carbocycles. The van der Waals surface area contributed by atoms with Crippen LogP contribution in [-0.2, 0) is 9.59 Å². The van der Waals surface area contributed by atoms with E-state index in [2.05, 4.69) is 0 Å². The maximum absolute atomic E-state index is 13.6. The molecule has 7 heteroatoms. The summed E-state index contributed by atoms with van der Waals surface area (Å²) in [6.07, 6.45) is 0. The van der Waals surface area contributed by atoms with E-state index in [4.69, 9.17) is 21.1 Å². The van der Waals surface area contributed by atoms with Crippen LogP contribution < -0.4 is 14.4 Å². The first kappa shape index (κ1) is 26.1. The van der Waals surface area contributed by atoms with Crippen LogP contribution in [0.5, 0.6) is 17.2 Å². The molecule has 4 aromatic carbocycles. The van der Waals surface area contributed by atoms with Crippen LogP contribution in [-0.4, -0.2) is 23.9 Å². The fraction of sp³-hybridized carbons (Fsp3) is 0.125. The number of aryl methyl sites for hydroxylation is 2. The second-order valence-corrected chi connectivity index (χ2v) is 9.68. The van der Waals surface area contributed by atoms with Gasteiger partial charge in [0.25, 0.3) is 11.7 Å². The molecule has 1 amide bonds. The molecule has 1 aliphatic heterocycles. The molecule has 0 saturated carbocycles. The average molecular weight is 540 g/mol. The highest BCUT2D eigenvalue weighted by Crippen LogP contribution is 2.45.